The minimum Gasteiger partial charge on any atom is -0.494 e. The van der Waals surface area contributed by atoms with Crippen LogP contribution in [-0.4, -0.2) is 12.5 Å². The van der Waals surface area contributed by atoms with Gasteiger partial charge in [0.05, 0.1) is 6.61 Å². The third kappa shape index (κ3) is 4.14. The Labute approximate surface area is 113 Å². The van der Waals surface area contributed by atoms with Gasteiger partial charge < -0.3 is 10.5 Å². The van der Waals surface area contributed by atoms with Gasteiger partial charge in [-0.15, -0.1) is 0 Å². The molecule has 2 N–H and O–H groups in total. The summed E-state index contributed by atoms with van der Waals surface area (Å²) in [4.78, 5) is 11.0. The highest BCUT2D eigenvalue weighted by atomic mass is 16.5. The van der Waals surface area contributed by atoms with Crippen molar-refractivity contribution in [3.8, 4) is 5.75 Å². The largest absolute Gasteiger partial charge is 0.494 e. The second-order valence-electron chi connectivity index (χ2n) is 4.33. The average molecular weight is 255 g/mol. The molecule has 0 aliphatic carbocycles. The van der Waals surface area contributed by atoms with E-state index in [0.717, 1.165) is 12.8 Å². The molecule has 3 heteroatoms. The Balaban J connectivity index is 1.80. The molecule has 0 fully saturated rings. The Kier molecular flexibility index (Phi) is 4.56. The molecule has 2 rings (SSSR count). The van der Waals surface area contributed by atoms with Gasteiger partial charge in [0.1, 0.15) is 5.75 Å². The highest BCUT2D eigenvalue weighted by Gasteiger charge is 2.01. The summed E-state index contributed by atoms with van der Waals surface area (Å²) in [5, 5.41) is 0. The van der Waals surface area contributed by atoms with E-state index in [0.29, 0.717) is 17.9 Å². The molecule has 0 atom stereocenters. The second-order valence-corrected chi connectivity index (χ2v) is 4.33. The average Bonchev–Trinajstić information content (AvgIpc) is 2.45. The van der Waals surface area contributed by atoms with Crippen molar-refractivity contribution in [1.82, 2.24) is 0 Å². The van der Waals surface area contributed by atoms with Crippen LogP contribution in [-0.2, 0) is 6.42 Å². The zero-order chi connectivity index (χ0) is 13.5. The van der Waals surface area contributed by atoms with E-state index in [4.69, 9.17) is 10.5 Å². The fraction of sp³-hybridized carbons (Fsp3) is 0.188. The molecule has 0 spiro atoms. The van der Waals surface area contributed by atoms with E-state index in [9.17, 15) is 4.79 Å². The highest BCUT2D eigenvalue weighted by molar-refractivity contribution is 5.93. The number of carbonyl (C=O) groups excluding carboxylic acids is 1. The Morgan fingerprint density at radius 1 is 1.05 bits per heavy atom. The fourth-order valence-electron chi connectivity index (χ4n) is 1.85. The van der Waals surface area contributed by atoms with Gasteiger partial charge in [-0.3, -0.25) is 4.79 Å². The zero-order valence-corrected chi connectivity index (χ0v) is 10.7. The first kappa shape index (κ1) is 13.1. The number of primary amides is 1. The van der Waals surface area contributed by atoms with Crippen LogP contribution in [0.5, 0.6) is 5.75 Å². The number of carbonyl (C=O) groups is 1. The number of ether oxygens (including phenoxy) is 1. The predicted octanol–water partition coefficient (Wildman–Crippen LogP) is 2.80. The van der Waals surface area contributed by atoms with Crippen molar-refractivity contribution < 1.29 is 9.53 Å². The van der Waals surface area contributed by atoms with Crippen molar-refractivity contribution in [2.24, 2.45) is 5.73 Å². The van der Waals surface area contributed by atoms with E-state index in [-0.39, 0.29) is 0 Å². The van der Waals surface area contributed by atoms with Crippen molar-refractivity contribution in [1.29, 1.82) is 0 Å². The zero-order valence-electron chi connectivity index (χ0n) is 10.7. The lowest BCUT2D eigenvalue weighted by molar-refractivity contribution is 0.1000. The van der Waals surface area contributed by atoms with Crippen LogP contribution in [0.4, 0.5) is 0 Å². The van der Waals surface area contributed by atoms with Gasteiger partial charge in [-0.1, -0.05) is 36.4 Å². The van der Waals surface area contributed by atoms with Crippen LogP contribution in [0.3, 0.4) is 0 Å². The highest BCUT2D eigenvalue weighted by Crippen LogP contribution is 2.13. The van der Waals surface area contributed by atoms with Crippen LogP contribution >= 0.6 is 0 Å². The maximum absolute atomic E-state index is 11.0. The Hall–Kier alpha value is -2.29. The quantitative estimate of drug-likeness (QED) is 0.807. The molecule has 0 heterocycles. The molecule has 2 aromatic carbocycles. The molecule has 0 unspecified atom stereocenters. The number of hydrogen-bond acceptors (Lipinski definition) is 2. The summed E-state index contributed by atoms with van der Waals surface area (Å²) < 4.78 is 5.61. The summed E-state index contributed by atoms with van der Waals surface area (Å²) in [5.41, 5.74) is 6.99. The standard InChI is InChI=1S/C16H17NO2/c17-16(18)14-9-4-10-15(12-14)19-11-5-8-13-6-2-1-3-7-13/h1-4,6-7,9-10,12H,5,8,11H2,(H2,17,18). The molecular weight excluding hydrogens is 238 g/mol. The summed E-state index contributed by atoms with van der Waals surface area (Å²) in [6.45, 7) is 0.622. The first-order chi connectivity index (χ1) is 9.25. The third-order valence-corrected chi connectivity index (χ3v) is 2.84. The van der Waals surface area contributed by atoms with Crippen LogP contribution in [0.1, 0.15) is 22.3 Å². The third-order valence-electron chi connectivity index (χ3n) is 2.84. The van der Waals surface area contributed by atoms with Crippen LogP contribution in [0, 0.1) is 0 Å². The smallest absolute Gasteiger partial charge is 0.248 e. The van der Waals surface area contributed by atoms with Gasteiger partial charge in [-0.05, 0) is 36.6 Å². The summed E-state index contributed by atoms with van der Waals surface area (Å²) in [7, 11) is 0. The van der Waals surface area contributed by atoms with Crippen molar-refractivity contribution in [3.63, 3.8) is 0 Å². The second kappa shape index (κ2) is 6.59. The maximum atomic E-state index is 11.0. The molecule has 19 heavy (non-hydrogen) atoms. The summed E-state index contributed by atoms with van der Waals surface area (Å²) >= 11 is 0. The summed E-state index contributed by atoms with van der Waals surface area (Å²) in [6, 6.07) is 17.2. The van der Waals surface area contributed by atoms with Gasteiger partial charge in [0.2, 0.25) is 5.91 Å². The molecule has 98 valence electrons. The van der Waals surface area contributed by atoms with Crippen molar-refractivity contribution in [3.05, 3.63) is 65.7 Å². The normalized spacial score (nSPS) is 10.1. The first-order valence-corrected chi connectivity index (χ1v) is 6.32. The number of benzene rings is 2. The fourth-order valence-corrected chi connectivity index (χ4v) is 1.85. The number of amides is 1. The Bertz CT molecular complexity index is 537. The molecule has 0 aromatic heterocycles. The predicted molar refractivity (Wildman–Crippen MR) is 75.2 cm³/mol. The van der Waals surface area contributed by atoms with Gasteiger partial charge in [-0.2, -0.15) is 0 Å². The molecule has 1 amide bonds. The van der Waals surface area contributed by atoms with Gasteiger partial charge in [0.25, 0.3) is 0 Å². The minimum atomic E-state index is -0.435. The van der Waals surface area contributed by atoms with E-state index in [1.165, 1.54) is 5.56 Å². The molecule has 0 bridgehead atoms. The number of nitrogens with two attached hydrogens (primary N) is 1. The van der Waals surface area contributed by atoms with Gasteiger partial charge in [-0.25, -0.2) is 0 Å². The van der Waals surface area contributed by atoms with E-state index >= 15 is 0 Å². The molecule has 0 aliphatic rings. The van der Waals surface area contributed by atoms with E-state index < -0.39 is 5.91 Å². The number of aryl methyl sites for hydroxylation is 1. The maximum Gasteiger partial charge on any atom is 0.248 e. The van der Waals surface area contributed by atoms with Crippen LogP contribution in [0.25, 0.3) is 0 Å². The van der Waals surface area contributed by atoms with Gasteiger partial charge in [0, 0.05) is 5.56 Å². The Morgan fingerprint density at radius 3 is 2.58 bits per heavy atom. The molecule has 0 aliphatic heterocycles. The first-order valence-electron chi connectivity index (χ1n) is 6.32. The van der Waals surface area contributed by atoms with Gasteiger partial charge >= 0.3 is 0 Å². The SMILES string of the molecule is NC(=O)c1cccc(OCCCc2ccccc2)c1. The van der Waals surface area contributed by atoms with Crippen molar-refractivity contribution >= 4 is 5.91 Å². The number of rotatable bonds is 6. The van der Waals surface area contributed by atoms with Crippen LogP contribution in [0.2, 0.25) is 0 Å². The molecule has 3 nitrogen and oxygen atoms in total. The molecular formula is C16H17NO2. The monoisotopic (exact) mass is 255 g/mol. The minimum absolute atomic E-state index is 0.435. The van der Waals surface area contributed by atoms with E-state index in [2.05, 4.69) is 12.1 Å². The topological polar surface area (TPSA) is 52.3 Å². The molecule has 0 radical (unpaired) electrons. The molecule has 2 aromatic rings. The molecule has 0 saturated carbocycles. The lowest BCUT2D eigenvalue weighted by atomic mass is 10.1. The summed E-state index contributed by atoms with van der Waals surface area (Å²) in [5.74, 6) is 0.249. The van der Waals surface area contributed by atoms with E-state index in [1.807, 2.05) is 24.3 Å². The molecule has 0 saturated heterocycles. The van der Waals surface area contributed by atoms with Crippen LogP contribution in [0.15, 0.2) is 54.6 Å². The lowest BCUT2D eigenvalue weighted by Gasteiger charge is -2.07. The van der Waals surface area contributed by atoms with E-state index in [1.54, 1.807) is 18.2 Å². The van der Waals surface area contributed by atoms with Gasteiger partial charge in [0.15, 0.2) is 0 Å². The number of hydrogen-bond donors (Lipinski definition) is 1. The van der Waals surface area contributed by atoms with Crippen molar-refractivity contribution in [2.75, 3.05) is 6.61 Å². The Morgan fingerprint density at radius 2 is 1.84 bits per heavy atom. The van der Waals surface area contributed by atoms with Crippen molar-refractivity contribution in [2.45, 2.75) is 12.8 Å². The summed E-state index contributed by atoms with van der Waals surface area (Å²) in [6.07, 6.45) is 1.92. The van der Waals surface area contributed by atoms with Crippen LogP contribution < -0.4 is 10.5 Å². The lowest BCUT2D eigenvalue weighted by Crippen LogP contribution is -2.11.